The molecule has 0 unspecified atom stereocenters. The minimum atomic E-state index is 0.198. The van der Waals surface area contributed by atoms with Gasteiger partial charge in [-0.3, -0.25) is 4.79 Å². The van der Waals surface area contributed by atoms with Crippen LogP contribution in [0.1, 0.15) is 18.5 Å². The average Bonchev–Trinajstić information content (AvgIpc) is 3.26. The quantitative estimate of drug-likeness (QED) is 0.906. The van der Waals surface area contributed by atoms with Crippen LogP contribution in [-0.2, 0) is 11.3 Å². The van der Waals surface area contributed by atoms with E-state index in [4.69, 9.17) is 0 Å². The van der Waals surface area contributed by atoms with Crippen molar-refractivity contribution in [3.63, 3.8) is 0 Å². The largest absolute Gasteiger partial charge is 0.354 e. The summed E-state index contributed by atoms with van der Waals surface area (Å²) in [6.45, 7) is 3.46. The maximum Gasteiger partial charge on any atom is 0.223 e. The fourth-order valence-corrected chi connectivity index (χ4v) is 2.34. The van der Waals surface area contributed by atoms with Crippen molar-refractivity contribution in [2.75, 3.05) is 6.54 Å². The molecule has 1 amide bonds. The molecule has 1 N–H and O–H groups in total. The van der Waals surface area contributed by atoms with Gasteiger partial charge < -0.3 is 9.88 Å². The SMILES string of the molecule is Cc1cnc(-c2ccccc2)n1CCNC(=O)C1CC1. The van der Waals surface area contributed by atoms with Crippen molar-refractivity contribution < 1.29 is 4.79 Å². The van der Waals surface area contributed by atoms with Crippen molar-refractivity contribution in [3.05, 3.63) is 42.2 Å². The summed E-state index contributed by atoms with van der Waals surface area (Å²) in [6, 6.07) is 10.1. The number of rotatable bonds is 5. The van der Waals surface area contributed by atoms with Crippen LogP contribution in [0.4, 0.5) is 0 Å². The summed E-state index contributed by atoms with van der Waals surface area (Å²) in [5.41, 5.74) is 2.22. The van der Waals surface area contributed by atoms with Crippen LogP contribution in [0.5, 0.6) is 0 Å². The van der Waals surface area contributed by atoms with Crippen LogP contribution in [0.2, 0.25) is 0 Å². The van der Waals surface area contributed by atoms with Gasteiger partial charge in [-0.15, -0.1) is 0 Å². The number of hydrogen-bond acceptors (Lipinski definition) is 2. The van der Waals surface area contributed by atoms with Crippen LogP contribution in [0.25, 0.3) is 11.4 Å². The number of amides is 1. The van der Waals surface area contributed by atoms with E-state index in [-0.39, 0.29) is 11.8 Å². The number of aryl methyl sites for hydroxylation is 1. The summed E-state index contributed by atoms with van der Waals surface area (Å²) in [5, 5.41) is 3.00. The van der Waals surface area contributed by atoms with E-state index in [1.165, 1.54) is 0 Å². The van der Waals surface area contributed by atoms with E-state index in [2.05, 4.69) is 27.0 Å². The molecule has 1 saturated carbocycles. The first-order valence-electron chi connectivity index (χ1n) is 7.11. The van der Waals surface area contributed by atoms with Crippen molar-refractivity contribution in [1.82, 2.24) is 14.9 Å². The summed E-state index contributed by atoms with van der Waals surface area (Å²) in [5.74, 6) is 1.43. The first-order valence-corrected chi connectivity index (χ1v) is 7.11. The van der Waals surface area contributed by atoms with Gasteiger partial charge in [0.1, 0.15) is 5.82 Å². The average molecular weight is 269 g/mol. The lowest BCUT2D eigenvalue weighted by molar-refractivity contribution is -0.122. The van der Waals surface area contributed by atoms with Gasteiger partial charge in [0.15, 0.2) is 0 Å². The Bertz CT molecular complexity index is 599. The van der Waals surface area contributed by atoms with Crippen LogP contribution in [0.3, 0.4) is 0 Å². The summed E-state index contributed by atoms with van der Waals surface area (Å²) in [6.07, 6.45) is 3.97. The molecule has 0 spiro atoms. The number of imidazole rings is 1. The number of nitrogens with zero attached hydrogens (tertiary/aromatic N) is 2. The molecule has 104 valence electrons. The predicted molar refractivity (Wildman–Crippen MR) is 78.1 cm³/mol. The Morgan fingerprint density at radius 2 is 2.10 bits per heavy atom. The smallest absolute Gasteiger partial charge is 0.223 e. The van der Waals surface area contributed by atoms with Gasteiger partial charge in [0.05, 0.1) is 0 Å². The first-order chi connectivity index (χ1) is 9.75. The Kier molecular flexibility index (Phi) is 3.54. The minimum Gasteiger partial charge on any atom is -0.354 e. The fraction of sp³-hybridized carbons (Fsp3) is 0.375. The molecule has 1 aromatic carbocycles. The molecule has 1 fully saturated rings. The molecule has 1 aliphatic carbocycles. The lowest BCUT2D eigenvalue weighted by atomic mass is 10.2. The number of carbonyl (C=O) groups is 1. The second kappa shape index (κ2) is 5.49. The van der Waals surface area contributed by atoms with E-state index in [9.17, 15) is 4.79 Å². The van der Waals surface area contributed by atoms with Gasteiger partial charge in [0.25, 0.3) is 0 Å². The third-order valence-electron chi connectivity index (χ3n) is 3.67. The number of nitrogens with one attached hydrogen (secondary N) is 1. The third kappa shape index (κ3) is 2.74. The van der Waals surface area contributed by atoms with Crippen molar-refractivity contribution in [1.29, 1.82) is 0 Å². The van der Waals surface area contributed by atoms with Crippen molar-refractivity contribution >= 4 is 5.91 Å². The highest BCUT2D eigenvalue weighted by atomic mass is 16.2. The Hall–Kier alpha value is -2.10. The second-order valence-corrected chi connectivity index (χ2v) is 5.31. The third-order valence-corrected chi connectivity index (χ3v) is 3.67. The molecular formula is C16H19N3O. The van der Waals surface area contributed by atoms with Crippen LogP contribution < -0.4 is 5.32 Å². The second-order valence-electron chi connectivity index (χ2n) is 5.31. The van der Waals surface area contributed by atoms with Crippen molar-refractivity contribution in [2.45, 2.75) is 26.3 Å². The Morgan fingerprint density at radius 1 is 1.35 bits per heavy atom. The molecule has 20 heavy (non-hydrogen) atoms. The van der Waals surface area contributed by atoms with Gasteiger partial charge in [-0.1, -0.05) is 30.3 Å². The molecule has 1 aliphatic rings. The number of aromatic nitrogens is 2. The highest BCUT2D eigenvalue weighted by Crippen LogP contribution is 2.28. The van der Waals surface area contributed by atoms with Gasteiger partial charge in [-0.05, 0) is 19.8 Å². The number of carbonyl (C=O) groups excluding carboxylic acids is 1. The van der Waals surface area contributed by atoms with Crippen LogP contribution in [0.15, 0.2) is 36.5 Å². The standard InChI is InChI=1S/C16H19N3O/c1-12-11-18-15(13-5-3-2-4-6-13)19(12)10-9-17-16(20)14-7-8-14/h2-6,11,14H,7-10H2,1H3,(H,17,20). The van der Waals surface area contributed by atoms with Crippen molar-refractivity contribution in [2.24, 2.45) is 5.92 Å². The van der Waals surface area contributed by atoms with Gasteiger partial charge in [-0.2, -0.15) is 0 Å². The molecule has 0 saturated heterocycles. The first kappa shape index (κ1) is 12.9. The fourth-order valence-electron chi connectivity index (χ4n) is 2.34. The zero-order chi connectivity index (χ0) is 13.9. The van der Waals surface area contributed by atoms with E-state index >= 15 is 0 Å². The van der Waals surface area contributed by atoms with Gasteiger partial charge in [-0.25, -0.2) is 4.98 Å². The van der Waals surface area contributed by atoms with Crippen LogP contribution >= 0.6 is 0 Å². The molecular weight excluding hydrogens is 250 g/mol. The molecule has 2 aromatic rings. The summed E-state index contributed by atoms with van der Waals surface area (Å²) >= 11 is 0. The minimum absolute atomic E-state index is 0.198. The molecule has 0 aliphatic heterocycles. The van der Waals surface area contributed by atoms with Gasteiger partial charge in [0.2, 0.25) is 5.91 Å². The Balaban J connectivity index is 1.69. The topological polar surface area (TPSA) is 46.9 Å². The molecule has 1 heterocycles. The lowest BCUT2D eigenvalue weighted by Gasteiger charge is -2.11. The monoisotopic (exact) mass is 269 g/mol. The highest BCUT2D eigenvalue weighted by Gasteiger charge is 2.29. The van der Waals surface area contributed by atoms with E-state index in [1.807, 2.05) is 31.3 Å². The van der Waals surface area contributed by atoms with Gasteiger partial charge >= 0.3 is 0 Å². The summed E-state index contributed by atoms with van der Waals surface area (Å²) in [4.78, 5) is 16.1. The Morgan fingerprint density at radius 3 is 2.80 bits per heavy atom. The zero-order valence-corrected chi connectivity index (χ0v) is 11.7. The highest BCUT2D eigenvalue weighted by molar-refractivity contribution is 5.80. The molecule has 3 rings (SSSR count). The van der Waals surface area contributed by atoms with E-state index in [1.54, 1.807) is 0 Å². The van der Waals surface area contributed by atoms with Crippen LogP contribution in [-0.4, -0.2) is 22.0 Å². The van der Waals surface area contributed by atoms with E-state index < -0.39 is 0 Å². The Labute approximate surface area is 118 Å². The van der Waals surface area contributed by atoms with Crippen LogP contribution in [0, 0.1) is 12.8 Å². The maximum absolute atomic E-state index is 11.6. The van der Waals surface area contributed by atoms with Crippen molar-refractivity contribution in [3.8, 4) is 11.4 Å². The number of hydrogen-bond donors (Lipinski definition) is 1. The molecule has 0 radical (unpaired) electrons. The number of benzene rings is 1. The molecule has 0 bridgehead atoms. The lowest BCUT2D eigenvalue weighted by Crippen LogP contribution is -2.28. The predicted octanol–water partition coefficient (Wildman–Crippen LogP) is 2.38. The summed E-state index contributed by atoms with van der Waals surface area (Å²) in [7, 11) is 0. The molecule has 4 nitrogen and oxygen atoms in total. The van der Waals surface area contributed by atoms with Gasteiger partial charge in [0, 0.05) is 36.5 Å². The maximum atomic E-state index is 11.6. The zero-order valence-electron chi connectivity index (χ0n) is 11.7. The summed E-state index contributed by atoms with van der Waals surface area (Å²) < 4.78 is 2.16. The van der Waals surface area contributed by atoms with E-state index in [0.29, 0.717) is 6.54 Å². The molecule has 4 heteroatoms. The molecule has 1 aromatic heterocycles. The molecule has 0 atom stereocenters. The van der Waals surface area contributed by atoms with E-state index in [0.717, 1.165) is 36.5 Å². The normalized spacial score (nSPS) is 14.2.